The number of nitrogens with two attached hydrogens (primary N) is 1. The van der Waals surface area contributed by atoms with Crippen molar-refractivity contribution in [2.24, 2.45) is 5.73 Å². The number of nitrogens with one attached hydrogen (secondary N) is 1. The molecule has 3 N–H and O–H groups in total. The van der Waals surface area contributed by atoms with Crippen molar-refractivity contribution in [2.75, 3.05) is 11.9 Å². The molecule has 0 saturated heterocycles. The quantitative estimate of drug-likeness (QED) is 0.874. The predicted molar refractivity (Wildman–Crippen MR) is 79.8 cm³/mol. The molecule has 0 aliphatic rings. The second-order valence-electron chi connectivity index (χ2n) is 4.70. The number of nitrogens with zero attached hydrogens (tertiary/aromatic N) is 2. The second-order valence-corrected chi connectivity index (χ2v) is 4.70. The fourth-order valence-corrected chi connectivity index (χ4v) is 2.13. The lowest BCUT2D eigenvalue weighted by Gasteiger charge is -2.11. The number of rotatable bonds is 5. The van der Waals surface area contributed by atoms with Crippen LogP contribution >= 0.6 is 0 Å². The topological polar surface area (TPSA) is 72.9 Å². The maximum atomic E-state index is 12.2. The molecule has 2 aromatic rings. The van der Waals surface area contributed by atoms with Crippen LogP contribution in [0.2, 0.25) is 0 Å². The van der Waals surface area contributed by atoms with Crippen LogP contribution in [0.3, 0.4) is 0 Å². The summed E-state index contributed by atoms with van der Waals surface area (Å²) in [6.45, 7) is 5.24. The average Bonchev–Trinajstić information content (AvgIpc) is 2.90. The van der Waals surface area contributed by atoms with Crippen molar-refractivity contribution in [3.05, 3.63) is 47.5 Å². The number of carbonyl (C=O) groups is 1. The van der Waals surface area contributed by atoms with Gasteiger partial charge in [-0.15, -0.1) is 0 Å². The van der Waals surface area contributed by atoms with Gasteiger partial charge in [-0.1, -0.05) is 25.1 Å². The van der Waals surface area contributed by atoms with Crippen LogP contribution in [0.25, 0.3) is 0 Å². The van der Waals surface area contributed by atoms with Crippen LogP contribution in [0.4, 0.5) is 5.69 Å². The van der Waals surface area contributed by atoms with E-state index in [0.717, 1.165) is 23.2 Å². The highest BCUT2D eigenvalue weighted by Gasteiger charge is 2.12. The van der Waals surface area contributed by atoms with Crippen molar-refractivity contribution in [3.8, 4) is 0 Å². The fourth-order valence-electron chi connectivity index (χ4n) is 2.13. The highest BCUT2D eigenvalue weighted by Crippen LogP contribution is 2.21. The number of para-hydroxylation sites is 1. The van der Waals surface area contributed by atoms with Gasteiger partial charge in [0.1, 0.15) is 5.69 Å². The summed E-state index contributed by atoms with van der Waals surface area (Å²) in [7, 11) is 0. The molecule has 5 nitrogen and oxygen atoms in total. The zero-order valence-corrected chi connectivity index (χ0v) is 11.9. The van der Waals surface area contributed by atoms with Crippen LogP contribution in [0, 0.1) is 6.92 Å². The molecule has 20 heavy (non-hydrogen) atoms. The number of amides is 1. The number of hydrogen-bond donors (Lipinski definition) is 2. The van der Waals surface area contributed by atoms with Gasteiger partial charge in [-0.05, 0) is 24.5 Å². The number of aryl methyl sites for hydroxylation is 2. The molecule has 106 valence electrons. The molecular weight excluding hydrogens is 252 g/mol. The number of aromatic nitrogens is 2. The van der Waals surface area contributed by atoms with Crippen molar-refractivity contribution in [1.82, 2.24) is 9.55 Å². The Bertz CT molecular complexity index is 604. The number of hydrogen-bond acceptors (Lipinski definition) is 3. The Morgan fingerprint density at radius 2 is 2.25 bits per heavy atom. The van der Waals surface area contributed by atoms with Crippen molar-refractivity contribution in [2.45, 2.75) is 26.8 Å². The minimum atomic E-state index is -0.190. The van der Waals surface area contributed by atoms with E-state index in [-0.39, 0.29) is 5.91 Å². The molecule has 0 saturated carbocycles. The Labute approximate surface area is 118 Å². The van der Waals surface area contributed by atoms with E-state index >= 15 is 0 Å². The van der Waals surface area contributed by atoms with Crippen molar-refractivity contribution in [3.63, 3.8) is 0 Å². The first-order chi connectivity index (χ1) is 9.65. The summed E-state index contributed by atoms with van der Waals surface area (Å²) in [5, 5.41) is 2.96. The highest BCUT2D eigenvalue weighted by molar-refractivity contribution is 6.03. The Morgan fingerprint density at radius 1 is 1.45 bits per heavy atom. The van der Waals surface area contributed by atoms with E-state index < -0.39 is 0 Å². The molecule has 0 bridgehead atoms. The van der Waals surface area contributed by atoms with Gasteiger partial charge in [0.2, 0.25) is 0 Å². The molecule has 0 aliphatic carbocycles. The van der Waals surface area contributed by atoms with E-state index in [1.807, 2.05) is 29.7 Å². The van der Waals surface area contributed by atoms with Crippen LogP contribution < -0.4 is 11.1 Å². The molecule has 5 heteroatoms. The summed E-state index contributed by atoms with van der Waals surface area (Å²) in [4.78, 5) is 16.3. The number of benzene rings is 1. The Balaban J connectivity index is 2.19. The third-order valence-electron chi connectivity index (χ3n) is 3.23. The first-order valence-electron chi connectivity index (χ1n) is 6.77. The molecule has 0 atom stereocenters. The summed E-state index contributed by atoms with van der Waals surface area (Å²) >= 11 is 0. The molecule has 0 aliphatic heterocycles. The molecule has 1 aromatic heterocycles. The van der Waals surface area contributed by atoms with E-state index in [4.69, 9.17) is 5.73 Å². The largest absolute Gasteiger partial charge is 0.335 e. The molecule has 1 aromatic carbocycles. The summed E-state index contributed by atoms with van der Waals surface area (Å²) in [5.41, 5.74) is 8.95. The zero-order valence-electron chi connectivity index (χ0n) is 11.9. The Morgan fingerprint density at radius 3 is 2.95 bits per heavy atom. The SMILES string of the molecule is CCc1cccc(C)c1NC(=O)c1cn(CCN)cn1. The smallest absolute Gasteiger partial charge is 0.275 e. The van der Waals surface area contributed by atoms with E-state index in [9.17, 15) is 4.79 Å². The maximum Gasteiger partial charge on any atom is 0.275 e. The van der Waals surface area contributed by atoms with Crippen LogP contribution in [0.5, 0.6) is 0 Å². The second kappa shape index (κ2) is 6.34. The van der Waals surface area contributed by atoms with Crippen LogP contribution in [-0.4, -0.2) is 22.0 Å². The number of imidazole rings is 1. The fraction of sp³-hybridized carbons (Fsp3) is 0.333. The molecule has 2 rings (SSSR count). The lowest BCUT2D eigenvalue weighted by Crippen LogP contribution is -2.15. The van der Waals surface area contributed by atoms with Gasteiger partial charge in [-0.2, -0.15) is 0 Å². The van der Waals surface area contributed by atoms with Gasteiger partial charge in [0.15, 0.2) is 0 Å². The molecule has 0 spiro atoms. The van der Waals surface area contributed by atoms with Gasteiger partial charge in [-0.25, -0.2) is 4.98 Å². The van der Waals surface area contributed by atoms with Gasteiger partial charge >= 0.3 is 0 Å². The Hall–Kier alpha value is -2.14. The van der Waals surface area contributed by atoms with E-state index in [2.05, 4.69) is 17.2 Å². The van der Waals surface area contributed by atoms with E-state index in [1.54, 1.807) is 12.5 Å². The molecule has 0 fully saturated rings. The molecule has 1 amide bonds. The summed E-state index contributed by atoms with van der Waals surface area (Å²) in [6, 6.07) is 6.01. The van der Waals surface area contributed by atoms with Crippen molar-refractivity contribution >= 4 is 11.6 Å². The third kappa shape index (κ3) is 3.05. The van der Waals surface area contributed by atoms with Crippen LogP contribution in [0.15, 0.2) is 30.7 Å². The standard InChI is InChI=1S/C15H20N4O/c1-3-12-6-4-5-11(2)14(12)18-15(20)13-9-19(8-7-16)10-17-13/h4-6,9-10H,3,7-8,16H2,1-2H3,(H,18,20). The normalized spacial score (nSPS) is 10.6. The zero-order chi connectivity index (χ0) is 14.5. The lowest BCUT2D eigenvalue weighted by molar-refractivity contribution is 0.102. The average molecular weight is 272 g/mol. The van der Waals surface area contributed by atoms with Crippen molar-refractivity contribution in [1.29, 1.82) is 0 Å². The first kappa shape index (κ1) is 14.3. The van der Waals surface area contributed by atoms with E-state index in [0.29, 0.717) is 18.8 Å². The summed E-state index contributed by atoms with van der Waals surface area (Å²) in [5.74, 6) is -0.190. The van der Waals surface area contributed by atoms with Gasteiger partial charge in [0, 0.05) is 25.0 Å². The monoisotopic (exact) mass is 272 g/mol. The lowest BCUT2D eigenvalue weighted by atomic mass is 10.1. The van der Waals surface area contributed by atoms with Gasteiger partial charge in [-0.3, -0.25) is 4.79 Å². The molecule has 1 heterocycles. The molecule has 0 unspecified atom stereocenters. The third-order valence-corrected chi connectivity index (χ3v) is 3.23. The van der Waals surface area contributed by atoms with Gasteiger partial charge in [0.25, 0.3) is 5.91 Å². The highest BCUT2D eigenvalue weighted by atomic mass is 16.1. The first-order valence-corrected chi connectivity index (χ1v) is 6.77. The Kier molecular flexibility index (Phi) is 4.53. The van der Waals surface area contributed by atoms with Crippen LogP contribution in [-0.2, 0) is 13.0 Å². The van der Waals surface area contributed by atoms with Gasteiger partial charge in [0.05, 0.1) is 6.33 Å². The number of anilines is 1. The van der Waals surface area contributed by atoms with Crippen molar-refractivity contribution < 1.29 is 4.79 Å². The minimum Gasteiger partial charge on any atom is -0.335 e. The molecule has 0 radical (unpaired) electrons. The summed E-state index contributed by atoms with van der Waals surface area (Å²) < 4.78 is 1.81. The van der Waals surface area contributed by atoms with Crippen LogP contribution in [0.1, 0.15) is 28.5 Å². The van der Waals surface area contributed by atoms with E-state index in [1.165, 1.54) is 0 Å². The van der Waals surface area contributed by atoms with Gasteiger partial charge < -0.3 is 15.6 Å². The number of carbonyl (C=O) groups excluding carboxylic acids is 1. The minimum absolute atomic E-state index is 0.190. The summed E-state index contributed by atoms with van der Waals surface area (Å²) in [6.07, 6.45) is 4.21. The predicted octanol–water partition coefficient (Wildman–Crippen LogP) is 1.96. The molecular formula is C15H20N4O. The maximum absolute atomic E-state index is 12.2.